The lowest BCUT2D eigenvalue weighted by Gasteiger charge is -2.26. The maximum Gasteiger partial charge on any atom is 0.231 e. The summed E-state index contributed by atoms with van der Waals surface area (Å²) < 4.78 is 13.4. The van der Waals surface area contributed by atoms with Gasteiger partial charge in [0.15, 0.2) is 5.65 Å². The molecule has 4 heterocycles. The van der Waals surface area contributed by atoms with Gasteiger partial charge in [-0.05, 0) is 38.1 Å². The minimum atomic E-state index is 0.234. The van der Waals surface area contributed by atoms with Crippen LogP contribution in [0.2, 0.25) is 0 Å². The Morgan fingerprint density at radius 2 is 1.88 bits per heavy atom. The molecule has 4 aromatic rings. The Hall–Kier alpha value is -3.42. The molecule has 1 fully saturated rings. The van der Waals surface area contributed by atoms with Crippen LogP contribution in [-0.4, -0.2) is 47.4 Å². The first-order valence-corrected chi connectivity index (χ1v) is 11.5. The molecule has 2 N–H and O–H groups in total. The highest BCUT2D eigenvalue weighted by atomic mass is 16.5. The van der Waals surface area contributed by atoms with Crippen LogP contribution in [0.15, 0.2) is 60.7 Å². The van der Waals surface area contributed by atoms with Gasteiger partial charge in [-0.25, -0.2) is 9.50 Å². The van der Waals surface area contributed by atoms with Gasteiger partial charge >= 0.3 is 0 Å². The molecule has 7 heteroatoms. The topological polar surface area (TPSA) is 72.7 Å². The summed E-state index contributed by atoms with van der Waals surface area (Å²) in [4.78, 5) is 4.94. The van der Waals surface area contributed by atoms with Crippen molar-refractivity contribution in [3.05, 3.63) is 66.2 Å². The lowest BCUT2D eigenvalue weighted by atomic mass is 9.99. The highest BCUT2D eigenvalue weighted by molar-refractivity contribution is 5.82. The molecule has 0 amide bonds. The Morgan fingerprint density at radius 3 is 2.70 bits per heavy atom. The van der Waals surface area contributed by atoms with E-state index in [9.17, 15) is 0 Å². The number of nitrogens with zero attached hydrogens (tertiary/aromatic N) is 3. The van der Waals surface area contributed by atoms with Gasteiger partial charge in [-0.3, -0.25) is 0 Å². The number of rotatable bonds is 5. The number of nitrogens with one attached hydrogen (secondary N) is 2. The van der Waals surface area contributed by atoms with Crippen LogP contribution >= 0.6 is 0 Å². The van der Waals surface area contributed by atoms with Crippen molar-refractivity contribution in [1.82, 2.24) is 25.2 Å². The Labute approximate surface area is 192 Å². The maximum atomic E-state index is 6.12. The molecular formula is C26H27N5O2. The van der Waals surface area contributed by atoms with Crippen LogP contribution in [0.5, 0.6) is 11.6 Å². The largest absolute Gasteiger partial charge is 0.491 e. The molecule has 2 aromatic heterocycles. The van der Waals surface area contributed by atoms with Gasteiger partial charge in [-0.2, -0.15) is 0 Å². The highest BCUT2D eigenvalue weighted by Gasteiger charge is 2.28. The standard InChI is InChI=1S/C26H27N5O2/c1-32-24-10-9-23-29-25(26(31(23)30-24)17-5-3-2-4-6-17)18-7-8-20-21(16-33-22(20)15-18)28-19-11-13-27-14-12-19/h2-10,15,19,21,27-28H,11-14,16H2,1H3/t21-/m0/s1. The van der Waals surface area contributed by atoms with E-state index < -0.39 is 0 Å². The average molecular weight is 442 g/mol. The van der Waals surface area contributed by atoms with E-state index >= 15 is 0 Å². The summed E-state index contributed by atoms with van der Waals surface area (Å²) in [6, 6.07) is 21.2. The summed E-state index contributed by atoms with van der Waals surface area (Å²) in [6.07, 6.45) is 2.31. The van der Waals surface area contributed by atoms with E-state index in [-0.39, 0.29) is 6.04 Å². The molecule has 6 rings (SSSR count). The fourth-order valence-corrected chi connectivity index (χ4v) is 4.85. The van der Waals surface area contributed by atoms with Gasteiger partial charge in [-0.1, -0.05) is 42.5 Å². The zero-order chi connectivity index (χ0) is 22.2. The lowest BCUT2D eigenvalue weighted by Crippen LogP contribution is -2.41. The van der Waals surface area contributed by atoms with Crippen LogP contribution in [0.1, 0.15) is 24.4 Å². The Balaban J connectivity index is 1.40. The van der Waals surface area contributed by atoms with Gasteiger partial charge in [0.1, 0.15) is 18.1 Å². The molecule has 2 aromatic carbocycles. The molecular weight excluding hydrogens is 414 g/mol. The molecule has 0 unspecified atom stereocenters. The number of hydrogen-bond acceptors (Lipinski definition) is 6. The molecule has 1 saturated heterocycles. The number of ether oxygens (including phenoxy) is 2. The van der Waals surface area contributed by atoms with Crippen LogP contribution in [0, 0.1) is 0 Å². The summed E-state index contributed by atoms with van der Waals surface area (Å²) in [5.41, 5.74) is 5.88. The third kappa shape index (κ3) is 3.73. The molecule has 0 bridgehead atoms. The van der Waals surface area contributed by atoms with Crippen LogP contribution < -0.4 is 20.1 Å². The average Bonchev–Trinajstić information content (AvgIpc) is 3.45. The molecule has 0 aliphatic carbocycles. The molecule has 7 nitrogen and oxygen atoms in total. The van der Waals surface area contributed by atoms with E-state index in [0.717, 1.165) is 59.8 Å². The maximum absolute atomic E-state index is 6.12. The third-order valence-electron chi connectivity index (χ3n) is 6.55. The second-order valence-corrected chi connectivity index (χ2v) is 8.63. The van der Waals surface area contributed by atoms with Gasteiger partial charge < -0.3 is 20.1 Å². The predicted molar refractivity (Wildman–Crippen MR) is 128 cm³/mol. The Morgan fingerprint density at radius 1 is 1.03 bits per heavy atom. The molecule has 0 saturated carbocycles. The van der Waals surface area contributed by atoms with E-state index in [1.54, 1.807) is 7.11 Å². The second-order valence-electron chi connectivity index (χ2n) is 8.63. The zero-order valence-electron chi connectivity index (χ0n) is 18.6. The van der Waals surface area contributed by atoms with E-state index in [1.165, 1.54) is 5.56 Å². The minimum Gasteiger partial charge on any atom is -0.491 e. The highest BCUT2D eigenvalue weighted by Crippen LogP contribution is 2.39. The molecule has 0 radical (unpaired) electrons. The number of aromatic nitrogens is 3. The first kappa shape index (κ1) is 20.2. The number of imidazole rings is 1. The van der Waals surface area contributed by atoms with Crippen molar-refractivity contribution >= 4 is 5.65 Å². The molecule has 33 heavy (non-hydrogen) atoms. The molecule has 2 aliphatic rings. The van der Waals surface area contributed by atoms with Crippen molar-refractivity contribution in [3.8, 4) is 34.1 Å². The van der Waals surface area contributed by atoms with Gasteiger partial charge in [0.25, 0.3) is 0 Å². The normalized spacial score (nSPS) is 18.3. The number of hydrogen-bond donors (Lipinski definition) is 2. The van der Waals surface area contributed by atoms with E-state index in [2.05, 4.69) is 46.1 Å². The smallest absolute Gasteiger partial charge is 0.231 e. The molecule has 168 valence electrons. The van der Waals surface area contributed by atoms with E-state index in [0.29, 0.717) is 18.5 Å². The summed E-state index contributed by atoms with van der Waals surface area (Å²) >= 11 is 0. The minimum absolute atomic E-state index is 0.234. The molecule has 0 spiro atoms. The molecule has 2 aliphatic heterocycles. The van der Waals surface area contributed by atoms with Crippen molar-refractivity contribution in [2.45, 2.75) is 24.9 Å². The van der Waals surface area contributed by atoms with Crippen molar-refractivity contribution in [2.24, 2.45) is 0 Å². The van der Waals surface area contributed by atoms with Crippen LogP contribution in [0.4, 0.5) is 0 Å². The quantitative estimate of drug-likeness (QED) is 0.490. The van der Waals surface area contributed by atoms with Crippen molar-refractivity contribution in [1.29, 1.82) is 0 Å². The monoisotopic (exact) mass is 441 g/mol. The summed E-state index contributed by atoms with van der Waals surface area (Å²) in [6.45, 7) is 2.82. The molecule has 1 atom stereocenters. The number of fused-ring (bicyclic) bond motifs is 2. The summed E-state index contributed by atoms with van der Waals surface area (Å²) in [5, 5.41) is 11.9. The number of piperidine rings is 1. The van der Waals surface area contributed by atoms with Gasteiger partial charge in [0.2, 0.25) is 5.88 Å². The van der Waals surface area contributed by atoms with Gasteiger partial charge in [0, 0.05) is 28.8 Å². The first-order chi connectivity index (χ1) is 16.3. The number of benzene rings is 2. The van der Waals surface area contributed by atoms with Crippen molar-refractivity contribution < 1.29 is 9.47 Å². The summed E-state index contributed by atoms with van der Waals surface area (Å²) in [7, 11) is 1.63. The van der Waals surface area contributed by atoms with Gasteiger partial charge in [-0.15, -0.1) is 5.10 Å². The SMILES string of the molecule is COc1ccc2nc(-c3ccc4c(c3)OC[C@@H]4NC3CCNCC3)c(-c3ccccc3)n2n1. The first-order valence-electron chi connectivity index (χ1n) is 11.5. The third-order valence-corrected chi connectivity index (χ3v) is 6.55. The van der Waals surface area contributed by atoms with Crippen molar-refractivity contribution in [2.75, 3.05) is 26.8 Å². The fourth-order valence-electron chi connectivity index (χ4n) is 4.85. The van der Waals surface area contributed by atoms with Crippen molar-refractivity contribution in [3.63, 3.8) is 0 Å². The van der Waals surface area contributed by atoms with Gasteiger partial charge in [0.05, 0.1) is 18.8 Å². The van der Waals surface area contributed by atoms with E-state index in [1.807, 2.05) is 34.8 Å². The predicted octanol–water partition coefficient (Wildman–Crippen LogP) is 3.85. The second kappa shape index (κ2) is 8.50. The summed E-state index contributed by atoms with van der Waals surface area (Å²) in [5.74, 6) is 1.48. The lowest BCUT2D eigenvalue weighted by molar-refractivity contribution is 0.279. The zero-order valence-corrected chi connectivity index (χ0v) is 18.6. The number of methoxy groups -OCH3 is 1. The Kier molecular flexibility index (Phi) is 5.20. The van der Waals surface area contributed by atoms with E-state index in [4.69, 9.17) is 14.5 Å². The van der Waals surface area contributed by atoms with Crippen LogP contribution in [0.3, 0.4) is 0 Å². The fraction of sp³-hybridized carbons (Fsp3) is 0.308. The van der Waals surface area contributed by atoms with Crippen LogP contribution in [-0.2, 0) is 0 Å². The Bertz CT molecular complexity index is 1280. The van der Waals surface area contributed by atoms with Crippen LogP contribution in [0.25, 0.3) is 28.2 Å².